The molecular formula is C18H11I2N3O3. The lowest BCUT2D eigenvalue weighted by molar-refractivity contribution is -0.117. The molecular weight excluding hydrogens is 560 g/mol. The Morgan fingerprint density at radius 2 is 1.81 bits per heavy atom. The second-order valence-corrected chi connectivity index (χ2v) is 7.56. The van der Waals surface area contributed by atoms with Crippen LogP contribution in [0.5, 0.6) is 5.75 Å². The number of nitriles is 1. The van der Waals surface area contributed by atoms with Gasteiger partial charge in [-0.3, -0.25) is 15.0 Å². The molecule has 0 saturated carbocycles. The summed E-state index contributed by atoms with van der Waals surface area (Å²) in [5.41, 5.74) is 3.93. The highest BCUT2D eigenvalue weighted by molar-refractivity contribution is 14.1. The van der Waals surface area contributed by atoms with Gasteiger partial charge in [0.2, 0.25) is 0 Å². The van der Waals surface area contributed by atoms with Gasteiger partial charge < -0.3 is 4.74 Å². The number of hydrogen-bond donors (Lipinski definition) is 1. The summed E-state index contributed by atoms with van der Waals surface area (Å²) in [6, 6.07) is 14.4. The van der Waals surface area contributed by atoms with Crippen molar-refractivity contribution in [2.45, 2.75) is 0 Å². The fourth-order valence-electron chi connectivity index (χ4n) is 2.39. The minimum Gasteiger partial charge on any atom is -0.477 e. The summed E-state index contributed by atoms with van der Waals surface area (Å²) in [6.07, 6.45) is 1.55. The van der Waals surface area contributed by atoms with E-state index in [2.05, 4.69) is 50.6 Å². The van der Waals surface area contributed by atoms with E-state index in [1.54, 1.807) is 42.5 Å². The molecule has 1 N–H and O–H groups in total. The number of nitrogens with zero attached hydrogens (tertiary/aromatic N) is 2. The molecule has 6 nitrogen and oxygen atoms in total. The maximum atomic E-state index is 12.6. The van der Waals surface area contributed by atoms with Crippen molar-refractivity contribution in [3.8, 4) is 11.8 Å². The molecule has 1 aliphatic rings. The monoisotopic (exact) mass is 571 g/mol. The van der Waals surface area contributed by atoms with E-state index >= 15 is 0 Å². The summed E-state index contributed by atoms with van der Waals surface area (Å²) in [7, 11) is 0. The number of para-hydroxylation sites is 1. The number of nitrogens with one attached hydrogen (secondary N) is 1. The molecule has 8 heteroatoms. The summed E-state index contributed by atoms with van der Waals surface area (Å²) in [5, 5.41) is 9.89. The van der Waals surface area contributed by atoms with E-state index in [9.17, 15) is 9.59 Å². The van der Waals surface area contributed by atoms with E-state index < -0.39 is 11.8 Å². The fourth-order valence-corrected chi connectivity index (χ4v) is 4.52. The van der Waals surface area contributed by atoms with Gasteiger partial charge in [0.15, 0.2) is 6.61 Å². The van der Waals surface area contributed by atoms with Gasteiger partial charge in [0.1, 0.15) is 17.4 Å². The van der Waals surface area contributed by atoms with Crippen molar-refractivity contribution in [1.82, 2.24) is 5.43 Å². The number of hydrazine groups is 1. The van der Waals surface area contributed by atoms with Gasteiger partial charge in [-0.05, 0) is 81.1 Å². The first kappa shape index (κ1) is 18.7. The maximum Gasteiger partial charge on any atom is 0.282 e. The predicted octanol–water partition coefficient (Wildman–Crippen LogP) is 3.26. The standard InChI is InChI=1S/C18H11I2N3O3/c19-14-9-11(10-15(20)16(14)26-7-6-21)8-13-17(24)22-23(18(13)25)12-4-2-1-3-5-12/h1-5,8-10H,7H2,(H,22,24)/b13-8-. The highest BCUT2D eigenvalue weighted by Gasteiger charge is 2.34. The van der Waals surface area contributed by atoms with Crippen LogP contribution in [0, 0.1) is 18.5 Å². The van der Waals surface area contributed by atoms with Crippen LogP contribution >= 0.6 is 45.2 Å². The van der Waals surface area contributed by atoms with E-state index in [1.165, 1.54) is 5.01 Å². The molecule has 26 heavy (non-hydrogen) atoms. The lowest BCUT2D eigenvalue weighted by atomic mass is 10.1. The number of rotatable bonds is 4. The van der Waals surface area contributed by atoms with Gasteiger partial charge in [-0.1, -0.05) is 18.2 Å². The third-order valence-corrected chi connectivity index (χ3v) is 5.12. The SMILES string of the molecule is N#CCOc1c(I)cc(/C=C2/C(=O)NN(c3ccccc3)C2=O)cc1I. The predicted molar refractivity (Wildman–Crippen MR) is 113 cm³/mol. The number of halogens is 2. The molecule has 1 aliphatic heterocycles. The fraction of sp³-hybridized carbons (Fsp3) is 0.0556. The third kappa shape index (κ3) is 3.83. The second-order valence-electron chi connectivity index (χ2n) is 5.24. The molecule has 2 aromatic rings. The van der Waals surface area contributed by atoms with Crippen LogP contribution in [-0.4, -0.2) is 18.4 Å². The molecule has 2 aromatic carbocycles. The average molecular weight is 571 g/mol. The maximum absolute atomic E-state index is 12.6. The largest absolute Gasteiger partial charge is 0.477 e. The Kier molecular flexibility index (Phi) is 5.77. The number of ether oxygens (including phenoxy) is 1. The first-order valence-corrected chi connectivity index (χ1v) is 9.58. The van der Waals surface area contributed by atoms with Crippen LogP contribution in [0.2, 0.25) is 0 Å². The van der Waals surface area contributed by atoms with Crippen LogP contribution in [0.15, 0.2) is 48.0 Å². The number of carbonyl (C=O) groups excluding carboxylic acids is 2. The van der Waals surface area contributed by atoms with E-state index in [0.29, 0.717) is 17.0 Å². The lowest BCUT2D eigenvalue weighted by Gasteiger charge is -2.13. The van der Waals surface area contributed by atoms with Crippen molar-refractivity contribution in [2.75, 3.05) is 11.6 Å². The van der Waals surface area contributed by atoms with Crippen molar-refractivity contribution in [3.05, 3.63) is 60.7 Å². The van der Waals surface area contributed by atoms with Crippen molar-refractivity contribution in [3.63, 3.8) is 0 Å². The Bertz CT molecular complexity index is 929. The zero-order valence-electron chi connectivity index (χ0n) is 13.2. The number of carbonyl (C=O) groups is 2. The summed E-state index contributed by atoms with van der Waals surface area (Å²) in [4.78, 5) is 24.9. The summed E-state index contributed by atoms with van der Waals surface area (Å²) in [6.45, 7) is -0.0423. The zero-order chi connectivity index (χ0) is 18.7. The van der Waals surface area contributed by atoms with Crippen LogP contribution in [0.1, 0.15) is 5.56 Å². The molecule has 0 atom stereocenters. The summed E-state index contributed by atoms with van der Waals surface area (Å²) >= 11 is 4.19. The van der Waals surface area contributed by atoms with Crippen molar-refractivity contribution in [1.29, 1.82) is 5.26 Å². The van der Waals surface area contributed by atoms with Gasteiger partial charge in [0.25, 0.3) is 11.8 Å². The number of anilines is 1. The Hall–Kier alpha value is -2.13. The van der Waals surface area contributed by atoms with Crippen molar-refractivity contribution < 1.29 is 14.3 Å². The Labute approximate surface area is 177 Å². The van der Waals surface area contributed by atoms with E-state index in [1.807, 2.05) is 12.1 Å². The molecule has 0 spiro atoms. The van der Waals surface area contributed by atoms with Crippen LogP contribution in [0.4, 0.5) is 5.69 Å². The van der Waals surface area contributed by atoms with Crippen LogP contribution in [0.25, 0.3) is 6.08 Å². The topological polar surface area (TPSA) is 82.4 Å². The molecule has 0 aromatic heterocycles. The van der Waals surface area contributed by atoms with E-state index in [0.717, 1.165) is 7.14 Å². The molecule has 1 saturated heterocycles. The summed E-state index contributed by atoms with van der Waals surface area (Å²) in [5.74, 6) is -0.243. The van der Waals surface area contributed by atoms with Gasteiger partial charge >= 0.3 is 0 Å². The average Bonchev–Trinajstić information content (AvgIpc) is 2.90. The lowest BCUT2D eigenvalue weighted by Crippen LogP contribution is -2.35. The molecule has 0 bridgehead atoms. The molecule has 0 unspecified atom stereocenters. The van der Waals surface area contributed by atoms with E-state index in [4.69, 9.17) is 10.00 Å². The Morgan fingerprint density at radius 3 is 2.42 bits per heavy atom. The first-order chi connectivity index (χ1) is 12.5. The van der Waals surface area contributed by atoms with Crippen LogP contribution < -0.4 is 15.2 Å². The molecule has 0 radical (unpaired) electrons. The molecule has 2 amide bonds. The van der Waals surface area contributed by atoms with Gasteiger partial charge in [0, 0.05) is 0 Å². The quantitative estimate of drug-likeness (QED) is 0.348. The third-order valence-electron chi connectivity index (χ3n) is 3.52. The highest BCUT2D eigenvalue weighted by Crippen LogP contribution is 2.30. The number of benzene rings is 2. The minimum atomic E-state index is -0.450. The van der Waals surface area contributed by atoms with Gasteiger partial charge in [-0.25, -0.2) is 5.01 Å². The molecule has 1 fully saturated rings. The molecule has 3 rings (SSSR count). The van der Waals surface area contributed by atoms with Crippen LogP contribution in [-0.2, 0) is 9.59 Å². The Balaban J connectivity index is 1.92. The van der Waals surface area contributed by atoms with Gasteiger partial charge in [-0.15, -0.1) is 0 Å². The van der Waals surface area contributed by atoms with Gasteiger partial charge in [0.05, 0.1) is 12.8 Å². The van der Waals surface area contributed by atoms with Crippen LogP contribution in [0.3, 0.4) is 0 Å². The van der Waals surface area contributed by atoms with Crippen molar-refractivity contribution >= 4 is 68.8 Å². The molecule has 1 heterocycles. The number of hydrogen-bond acceptors (Lipinski definition) is 4. The zero-order valence-corrected chi connectivity index (χ0v) is 17.5. The first-order valence-electron chi connectivity index (χ1n) is 7.42. The molecule has 0 aliphatic carbocycles. The normalized spacial score (nSPS) is 15.1. The summed E-state index contributed by atoms with van der Waals surface area (Å²) < 4.78 is 7.00. The number of amides is 2. The Morgan fingerprint density at radius 1 is 1.15 bits per heavy atom. The molecule has 130 valence electrons. The van der Waals surface area contributed by atoms with E-state index in [-0.39, 0.29) is 12.2 Å². The van der Waals surface area contributed by atoms with Crippen molar-refractivity contribution in [2.24, 2.45) is 0 Å². The second kappa shape index (κ2) is 8.05. The minimum absolute atomic E-state index is 0.0423. The smallest absolute Gasteiger partial charge is 0.282 e. The highest BCUT2D eigenvalue weighted by atomic mass is 127. The van der Waals surface area contributed by atoms with Gasteiger partial charge in [-0.2, -0.15) is 5.26 Å².